The zero-order valence-electron chi connectivity index (χ0n) is 7.35. The Morgan fingerprint density at radius 1 is 1.38 bits per heavy atom. The second kappa shape index (κ2) is 4.18. The average Bonchev–Trinajstić information content (AvgIpc) is 2.21. The standard InChI is InChI=1S/C9H12N2O2/c1-4-10-7-11-9(1)13-8-2-5-12-6-3-8/h1,4,7-8H,2-3,5-6H2. The quantitative estimate of drug-likeness (QED) is 0.682. The molecule has 0 spiro atoms. The second-order valence-electron chi connectivity index (χ2n) is 2.98. The third kappa shape index (κ3) is 2.39. The molecule has 4 heteroatoms. The molecule has 1 fully saturated rings. The van der Waals surface area contributed by atoms with Crippen LogP contribution in [0.1, 0.15) is 12.8 Å². The van der Waals surface area contributed by atoms with E-state index in [1.807, 2.05) is 0 Å². The number of aromatic nitrogens is 2. The highest BCUT2D eigenvalue weighted by Gasteiger charge is 2.15. The Morgan fingerprint density at radius 2 is 2.23 bits per heavy atom. The van der Waals surface area contributed by atoms with E-state index in [1.165, 1.54) is 6.33 Å². The molecule has 70 valence electrons. The normalized spacial score (nSPS) is 18.5. The summed E-state index contributed by atoms with van der Waals surface area (Å²) in [7, 11) is 0. The van der Waals surface area contributed by atoms with Gasteiger partial charge in [-0.1, -0.05) is 0 Å². The van der Waals surface area contributed by atoms with E-state index in [2.05, 4.69) is 9.97 Å². The molecule has 0 radical (unpaired) electrons. The van der Waals surface area contributed by atoms with Crippen LogP contribution in [0, 0.1) is 0 Å². The summed E-state index contributed by atoms with van der Waals surface area (Å²) in [6.45, 7) is 1.57. The maximum absolute atomic E-state index is 5.62. The molecular weight excluding hydrogens is 168 g/mol. The van der Waals surface area contributed by atoms with Crippen molar-refractivity contribution in [3.05, 3.63) is 18.6 Å². The molecule has 1 aliphatic rings. The second-order valence-corrected chi connectivity index (χ2v) is 2.98. The van der Waals surface area contributed by atoms with Gasteiger partial charge in [0.1, 0.15) is 12.4 Å². The zero-order chi connectivity index (χ0) is 8.93. The van der Waals surface area contributed by atoms with Crippen molar-refractivity contribution in [3.8, 4) is 5.88 Å². The largest absolute Gasteiger partial charge is 0.474 e. The molecule has 13 heavy (non-hydrogen) atoms. The van der Waals surface area contributed by atoms with Gasteiger partial charge in [-0.3, -0.25) is 0 Å². The van der Waals surface area contributed by atoms with Crippen molar-refractivity contribution < 1.29 is 9.47 Å². The van der Waals surface area contributed by atoms with Crippen LogP contribution >= 0.6 is 0 Å². The third-order valence-electron chi connectivity index (χ3n) is 2.01. The van der Waals surface area contributed by atoms with Crippen LogP contribution in [0.2, 0.25) is 0 Å². The molecule has 1 aliphatic heterocycles. The first-order valence-corrected chi connectivity index (χ1v) is 4.45. The first-order chi connectivity index (χ1) is 6.45. The lowest BCUT2D eigenvalue weighted by molar-refractivity contribution is 0.0237. The maximum atomic E-state index is 5.62. The molecule has 2 heterocycles. The number of rotatable bonds is 2. The van der Waals surface area contributed by atoms with E-state index < -0.39 is 0 Å². The molecule has 0 aromatic carbocycles. The first kappa shape index (κ1) is 8.44. The fourth-order valence-electron chi connectivity index (χ4n) is 1.31. The van der Waals surface area contributed by atoms with E-state index in [4.69, 9.17) is 9.47 Å². The van der Waals surface area contributed by atoms with E-state index in [-0.39, 0.29) is 6.10 Å². The molecule has 0 atom stereocenters. The van der Waals surface area contributed by atoms with E-state index in [1.54, 1.807) is 12.3 Å². The van der Waals surface area contributed by atoms with Crippen molar-refractivity contribution in [3.63, 3.8) is 0 Å². The van der Waals surface area contributed by atoms with Gasteiger partial charge in [0.2, 0.25) is 5.88 Å². The van der Waals surface area contributed by atoms with E-state index >= 15 is 0 Å². The average molecular weight is 180 g/mol. The maximum Gasteiger partial charge on any atom is 0.216 e. The van der Waals surface area contributed by atoms with Gasteiger partial charge in [-0.2, -0.15) is 0 Å². The van der Waals surface area contributed by atoms with Crippen molar-refractivity contribution in [2.75, 3.05) is 13.2 Å². The SMILES string of the molecule is c1cc(OC2CCOCC2)ncn1. The summed E-state index contributed by atoms with van der Waals surface area (Å²) in [4.78, 5) is 7.82. The van der Waals surface area contributed by atoms with Gasteiger partial charge in [-0.05, 0) is 0 Å². The van der Waals surface area contributed by atoms with Crippen LogP contribution in [0.3, 0.4) is 0 Å². The molecule has 1 aromatic heterocycles. The molecule has 0 unspecified atom stereocenters. The van der Waals surface area contributed by atoms with Crippen molar-refractivity contribution in [2.24, 2.45) is 0 Å². The van der Waals surface area contributed by atoms with Crippen LogP contribution in [0.5, 0.6) is 5.88 Å². The van der Waals surface area contributed by atoms with Crippen LogP contribution in [0.15, 0.2) is 18.6 Å². The molecule has 4 nitrogen and oxygen atoms in total. The number of hydrogen-bond donors (Lipinski definition) is 0. The summed E-state index contributed by atoms with van der Waals surface area (Å²) in [5.74, 6) is 0.655. The fraction of sp³-hybridized carbons (Fsp3) is 0.556. The Morgan fingerprint density at radius 3 is 2.92 bits per heavy atom. The highest BCUT2D eigenvalue weighted by Crippen LogP contribution is 2.13. The van der Waals surface area contributed by atoms with E-state index in [0.717, 1.165) is 26.1 Å². The lowest BCUT2D eigenvalue weighted by Gasteiger charge is -2.22. The monoisotopic (exact) mass is 180 g/mol. The van der Waals surface area contributed by atoms with E-state index in [0.29, 0.717) is 5.88 Å². The summed E-state index contributed by atoms with van der Waals surface area (Å²) in [5.41, 5.74) is 0. The van der Waals surface area contributed by atoms with Gasteiger partial charge in [0, 0.05) is 25.1 Å². The van der Waals surface area contributed by atoms with Gasteiger partial charge in [0.05, 0.1) is 13.2 Å². The van der Waals surface area contributed by atoms with Crippen LogP contribution < -0.4 is 4.74 Å². The minimum atomic E-state index is 0.253. The van der Waals surface area contributed by atoms with Gasteiger partial charge >= 0.3 is 0 Å². The highest BCUT2D eigenvalue weighted by atomic mass is 16.5. The molecule has 1 aromatic rings. The predicted octanol–water partition coefficient (Wildman–Crippen LogP) is 1.03. The zero-order valence-corrected chi connectivity index (χ0v) is 7.35. The van der Waals surface area contributed by atoms with Gasteiger partial charge in [0.15, 0.2) is 0 Å². The highest BCUT2D eigenvalue weighted by molar-refractivity contribution is 5.05. The van der Waals surface area contributed by atoms with Gasteiger partial charge in [-0.25, -0.2) is 9.97 Å². The first-order valence-electron chi connectivity index (χ1n) is 4.45. The molecular formula is C9H12N2O2. The molecule has 1 saturated heterocycles. The van der Waals surface area contributed by atoms with Gasteiger partial charge in [0.25, 0.3) is 0 Å². The predicted molar refractivity (Wildman–Crippen MR) is 46.5 cm³/mol. The molecule has 0 saturated carbocycles. The van der Waals surface area contributed by atoms with Crippen LogP contribution in [-0.4, -0.2) is 29.3 Å². The molecule has 0 bridgehead atoms. The van der Waals surface area contributed by atoms with Crippen molar-refractivity contribution in [1.29, 1.82) is 0 Å². The molecule has 0 aliphatic carbocycles. The Kier molecular flexibility index (Phi) is 2.72. The summed E-state index contributed by atoms with van der Waals surface area (Å²) >= 11 is 0. The third-order valence-corrected chi connectivity index (χ3v) is 2.01. The van der Waals surface area contributed by atoms with E-state index in [9.17, 15) is 0 Å². The molecule has 0 N–H and O–H groups in total. The van der Waals surface area contributed by atoms with Crippen molar-refractivity contribution in [2.45, 2.75) is 18.9 Å². The minimum Gasteiger partial charge on any atom is -0.474 e. The molecule has 0 amide bonds. The van der Waals surface area contributed by atoms with Crippen molar-refractivity contribution >= 4 is 0 Å². The fourth-order valence-corrected chi connectivity index (χ4v) is 1.31. The Balaban J connectivity index is 1.90. The van der Waals surface area contributed by atoms with Crippen molar-refractivity contribution in [1.82, 2.24) is 9.97 Å². The summed E-state index contributed by atoms with van der Waals surface area (Å²) < 4.78 is 10.8. The van der Waals surface area contributed by atoms with Crippen LogP contribution in [-0.2, 0) is 4.74 Å². The van der Waals surface area contributed by atoms with Crippen LogP contribution in [0.4, 0.5) is 0 Å². The van der Waals surface area contributed by atoms with Crippen LogP contribution in [0.25, 0.3) is 0 Å². The Bertz CT molecular complexity index is 247. The summed E-state index contributed by atoms with van der Waals surface area (Å²) in [6.07, 6.45) is 5.33. The number of hydrogen-bond acceptors (Lipinski definition) is 4. The smallest absolute Gasteiger partial charge is 0.216 e. The van der Waals surface area contributed by atoms with Gasteiger partial charge < -0.3 is 9.47 Å². The number of nitrogens with zero attached hydrogens (tertiary/aromatic N) is 2. The molecule has 2 rings (SSSR count). The Hall–Kier alpha value is -1.16. The number of ether oxygens (including phenoxy) is 2. The minimum absolute atomic E-state index is 0.253. The lowest BCUT2D eigenvalue weighted by Crippen LogP contribution is -2.26. The van der Waals surface area contributed by atoms with Gasteiger partial charge in [-0.15, -0.1) is 0 Å². The topological polar surface area (TPSA) is 44.2 Å². The summed E-state index contributed by atoms with van der Waals surface area (Å²) in [6, 6.07) is 1.77. The Labute approximate surface area is 76.9 Å². The lowest BCUT2D eigenvalue weighted by atomic mass is 10.2. The summed E-state index contributed by atoms with van der Waals surface area (Å²) in [5, 5.41) is 0.